The molecular weight excluding hydrogens is 410 g/mol. The van der Waals surface area contributed by atoms with E-state index in [1.54, 1.807) is 0 Å². The van der Waals surface area contributed by atoms with Crippen LogP contribution < -0.4 is 9.44 Å². The lowest BCUT2D eigenvalue weighted by atomic mass is 10.3. The Morgan fingerprint density at radius 2 is 1.46 bits per heavy atom. The quantitative estimate of drug-likeness (QED) is 0.332. The first-order valence-corrected chi connectivity index (χ1v) is 11.0. The molecule has 28 heavy (non-hydrogen) atoms. The van der Waals surface area contributed by atoms with Crippen LogP contribution in [0.2, 0.25) is 0 Å². The van der Waals surface area contributed by atoms with E-state index >= 15 is 0 Å². The maximum atomic E-state index is 12.3. The molecule has 0 fully saturated rings. The van der Waals surface area contributed by atoms with Crippen LogP contribution in [0.25, 0.3) is 0 Å². The highest BCUT2D eigenvalue weighted by atomic mass is 32.2. The summed E-state index contributed by atoms with van der Waals surface area (Å²) < 4.78 is 58.6. The van der Waals surface area contributed by atoms with Crippen LogP contribution >= 0.6 is 0 Å². The van der Waals surface area contributed by atoms with Gasteiger partial charge in [-0.1, -0.05) is 0 Å². The Balaban J connectivity index is 2.09. The van der Waals surface area contributed by atoms with Gasteiger partial charge in [-0.3, -0.25) is 14.8 Å². The second-order valence-corrected chi connectivity index (χ2v) is 9.07. The number of non-ortho nitro benzene ring substituents is 1. The van der Waals surface area contributed by atoms with Gasteiger partial charge in [0.15, 0.2) is 0 Å². The Labute approximate surface area is 162 Å². The molecule has 0 aliphatic rings. The fourth-order valence-electron chi connectivity index (χ4n) is 2.17. The minimum atomic E-state index is -3.98. The molecule has 12 heteroatoms. The zero-order valence-corrected chi connectivity index (χ0v) is 16.5. The minimum Gasteiger partial charge on any atom is -0.385 e. The van der Waals surface area contributed by atoms with Crippen LogP contribution in [0.3, 0.4) is 0 Å². The Hall–Kier alpha value is -2.54. The van der Waals surface area contributed by atoms with Crippen molar-refractivity contribution in [2.45, 2.75) is 16.2 Å². The average molecular weight is 429 g/mol. The number of hydrogen-bond donors (Lipinski definition) is 2. The van der Waals surface area contributed by atoms with E-state index in [-0.39, 0.29) is 27.7 Å². The number of nitrogens with zero attached hydrogens (tertiary/aromatic N) is 1. The molecule has 0 heterocycles. The van der Waals surface area contributed by atoms with Crippen molar-refractivity contribution in [3.05, 3.63) is 58.6 Å². The third kappa shape index (κ3) is 5.73. The summed E-state index contributed by atoms with van der Waals surface area (Å²) in [6.07, 6.45) is 0.517. The number of methoxy groups -OCH3 is 1. The topological polar surface area (TPSA) is 145 Å². The van der Waals surface area contributed by atoms with Crippen molar-refractivity contribution in [3.63, 3.8) is 0 Å². The summed E-state index contributed by atoms with van der Waals surface area (Å²) in [4.78, 5) is 9.84. The first-order valence-electron chi connectivity index (χ1n) is 8.02. The highest BCUT2D eigenvalue weighted by Crippen LogP contribution is 2.20. The lowest BCUT2D eigenvalue weighted by Gasteiger charge is -2.10. The zero-order chi connectivity index (χ0) is 20.8. The number of nitrogens with one attached hydrogen (secondary N) is 2. The monoisotopic (exact) mass is 429 g/mol. The third-order valence-electron chi connectivity index (χ3n) is 3.59. The van der Waals surface area contributed by atoms with Crippen LogP contribution in [0.15, 0.2) is 58.3 Å². The molecule has 2 N–H and O–H groups in total. The summed E-state index contributed by atoms with van der Waals surface area (Å²) in [6, 6.07) is 9.56. The molecule has 0 amide bonds. The molecule has 0 aliphatic heterocycles. The number of anilines is 1. The lowest BCUT2D eigenvalue weighted by molar-refractivity contribution is -0.384. The van der Waals surface area contributed by atoms with Gasteiger partial charge in [0.2, 0.25) is 10.0 Å². The van der Waals surface area contributed by atoms with Crippen LogP contribution in [0.5, 0.6) is 0 Å². The largest absolute Gasteiger partial charge is 0.385 e. The highest BCUT2D eigenvalue weighted by molar-refractivity contribution is 7.92. The molecule has 2 aromatic carbocycles. The van der Waals surface area contributed by atoms with E-state index in [2.05, 4.69) is 9.44 Å². The number of sulfonamides is 2. The van der Waals surface area contributed by atoms with Gasteiger partial charge in [0.25, 0.3) is 15.7 Å². The molecule has 2 rings (SSSR count). The molecule has 0 aromatic heterocycles. The Kier molecular flexibility index (Phi) is 7.07. The molecule has 152 valence electrons. The lowest BCUT2D eigenvalue weighted by Crippen LogP contribution is -2.25. The predicted molar refractivity (Wildman–Crippen MR) is 102 cm³/mol. The predicted octanol–water partition coefficient (Wildman–Crippen LogP) is 1.71. The van der Waals surface area contributed by atoms with Crippen molar-refractivity contribution >= 4 is 31.4 Å². The van der Waals surface area contributed by atoms with Crippen molar-refractivity contribution in [2.75, 3.05) is 25.0 Å². The van der Waals surface area contributed by atoms with Crippen molar-refractivity contribution < 1.29 is 26.5 Å². The number of nitro groups is 1. The summed E-state index contributed by atoms with van der Waals surface area (Å²) in [5.41, 5.74) is -0.0804. The van der Waals surface area contributed by atoms with Crippen LogP contribution in [0.1, 0.15) is 6.42 Å². The Morgan fingerprint density at radius 3 is 2.00 bits per heavy atom. The summed E-state index contributed by atoms with van der Waals surface area (Å²) in [5, 5.41) is 10.6. The van der Waals surface area contributed by atoms with Crippen molar-refractivity contribution in [1.82, 2.24) is 4.72 Å². The van der Waals surface area contributed by atoms with Crippen LogP contribution in [-0.2, 0) is 24.8 Å². The van der Waals surface area contributed by atoms with E-state index in [1.165, 1.54) is 31.4 Å². The van der Waals surface area contributed by atoms with Gasteiger partial charge in [0.05, 0.1) is 14.7 Å². The molecule has 10 nitrogen and oxygen atoms in total. The van der Waals surface area contributed by atoms with E-state index in [9.17, 15) is 26.9 Å². The molecule has 0 radical (unpaired) electrons. The summed E-state index contributed by atoms with van der Waals surface area (Å²) >= 11 is 0. The number of ether oxygens (including phenoxy) is 1. The van der Waals surface area contributed by atoms with Gasteiger partial charge in [0.1, 0.15) is 0 Å². The van der Waals surface area contributed by atoms with E-state index in [1.807, 2.05) is 0 Å². The van der Waals surface area contributed by atoms with Gasteiger partial charge in [-0.25, -0.2) is 21.6 Å². The van der Waals surface area contributed by atoms with Crippen LogP contribution in [-0.4, -0.2) is 42.0 Å². The number of nitro benzene ring substituents is 1. The molecular formula is C16H19N3O7S2. The van der Waals surface area contributed by atoms with Crippen LogP contribution in [0, 0.1) is 10.1 Å². The van der Waals surface area contributed by atoms with Gasteiger partial charge in [-0.15, -0.1) is 0 Å². The minimum absolute atomic E-state index is 0.0109. The molecule has 2 aromatic rings. The molecule has 0 saturated carbocycles. The second kappa shape index (κ2) is 9.10. The smallest absolute Gasteiger partial charge is 0.269 e. The molecule has 0 aliphatic carbocycles. The molecule has 0 bridgehead atoms. The third-order valence-corrected chi connectivity index (χ3v) is 6.47. The molecule has 0 saturated heterocycles. The Morgan fingerprint density at radius 1 is 0.929 bits per heavy atom. The number of hydrogen-bond acceptors (Lipinski definition) is 7. The Bertz CT molecular complexity index is 1020. The van der Waals surface area contributed by atoms with Crippen molar-refractivity contribution in [3.8, 4) is 0 Å². The first-order chi connectivity index (χ1) is 13.2. The standard InChI is InChI=1S/C16H19N3O7S2/c1-26-12-2-11-17-27(22,23)15-7-3-13(4-8-15)18-28(24,25)16-9-5-14(6-10-16)19(20)21/h3-10,17-18H,2,11-12H2,1H3. The molecule has 0 atom stereocenters. The van der Waals surface area contributed by atoms with E-state index in [0.29, 0.717) is 13.0 Å². The summed E-state index contributed by atoms with van der Waals surface area (Å²) in [7, 11) is -6.17. The number of rotatable bonds is 10. The van der Waals surface area contributed by atoms with E-state index in [4.69, 9.17) is 4.74 Å². The second-order valence-electron chi connectivity index (χ2n) is 5.63. The summed E-state index contributed by atoms with van der Waals surface area (Å²) in [6.45, 7) is 0.635. The number of benzene rings is 2. The fourth-order valence-corrected chi connectivity index (χ4v) is 4.30. The van der Waals surface area contributed by atoms with E-state index in [0.717, 1.165) is 24.3 Å². The van der Waals surface area contributed by atoms with Crippen molar-refractivity contribution in [1.29, 1.82) is 0 Å². The highest BCUT2D eigenvalue weighted by Gasteiger charge is 2.17. The van der Waals surface area contributed by atoms with E-state index < -0.39 is 25.0 Å². The van der Waals surface area contributed by atoms with Gasteiger partial charge in [0, 0.05) is 38.1 Å². The SMILES string of the molecule is COCCCNS(=O)(=O)c1ccc(NS(=O)(=O)c2ccc([N+](=O)[O-])cc2)cc1. The molecule has 0 unspecified atom stereocenters. The first kappa shape index (κ1) is 21.8. The maximum Gasteiger partial charge on any atom is 0.269 e. The van der Waals surface area contributed by atoms with Gasteiger partial charge >= 0.3 is 0 Å². The average Bonchev–Trinajstić information content (AvgIpc) is 2.65. The summed E-state index contributed by atoms with van der Waals surface area (Å²) in [5.74, 6) is 0. The normalized spacial score (nSPS) is 11.9. The maximum absolute atomic E-state index is 12.3. The van der Waals surface area contributed by atoms with Gasteiger partial charge in [-0.05, 0) is 42.8 Å². The zero-order valence-electron chi connectivity index (χ0n) is 14.9. The van der Waals surface area contributed by atoms with Crippen LogP contribution in [0.4, 0.5) is 11.4 Å². The van der Waals surface area contributed by atoms with Gasteiger partial charge < -0.3 is 4.74 Å². The molecule has 0 spiro atoms. The van der Waals surface area contributed by atoms with Gasteiger partial charge in [-0.2, -0.15) is 0 Å². The fraction of sp³-hybridized carbons (Fsp3) is 0.250. The van der Waals surface area contributed by atoms with Crippen molar-refractivity contribution in [2.24, 2.45) is 0 Å².